The first-order valence-corrected chi connectivity index (χ1v) is 7.35. The first-order chi connectivity index (χ1) is 10.3. The Hall–Kier alpha value is -1.85. The molecular formula is C16H23ClN4O. The number of hydrogen-bond acceptors (Lipinski definition) is 3. The van der Waals surface area contributed by atoms with Crippen molar-refractivity contribution in [2.75, 3.05) is 13.1 Å². The molecule has 0 radical (unpaired) electrons. The lowest BCUT2D eigenvalue weighted by Crippen LogP contribution is -2.25. The molecule has 1 amide bonds. The molecule has 0 aliphatic rings. The summed E-state index contributed by atoms with van der Waals surface area (Å²) in [7, 11) is 0. The quantitative estimate of drug-likeness (QED) is 0.731. The molecule has 3 N–H and O–H groups in total. The second kappa shape index (κ2) is 9.97. The number of unbranched alkanes of at least 4 members (excludes halogenated alkanes) is 1. The number of amides is 1. The average Bonchev–Trinajstić information content (AvgIpc) is 2.99. The van der Waals surface area contributed by atoms with E-state index < -0.39 is 0 Å². The van der Waals surface area contributed by atoms with Crippen molar-refractivity contribution in [2.24, 2.45) is 5.73 Å². The van der Waals surface area contributed by atoms with E-state index in [0.29, 0.717) is 25.9 Å². The molecule has 1 aromatic carbocycles. The van der Waals surface area contributed by atoms with Crippen LogP contribution in [0.1, 0.15) is 24.8 Å². The molecule has 2 aromatic rings. The molecule has 0 bridgehead atoms. The molecule has 120 valence electrons. The van der Waals surface area contributed by atoms with E-state index in [1.165, 1.54) is 0 Å². The van der Waals surface area contributed by atoms with Crippen LogP contribution in [-0.2, 0) is 11.2 Å². The van der Waals surface area contributed by atoms with Crippen molar-refractivity contribution in [1.29, 1.82) is 0 Å². The lowest BCUT2D eigenvalue weighted by molar-refractivity contribution is -0.121. The zero-order chi connectivity index (χ0) is 14.9. The second-order valence-corrected chi connectivity index (χ2v) is 4.97. The monoisotopic (exact) mass is 322 g/mol. The normalized spacial score (nSPS) is 10.0. The first-order valence-electron chi connectivity index (χ1n) is 7.35. The summed E-state index contributed by atoms with van der Waals surface area (Å²) in [6, 6.07) is 9.93. The van der Waals surface area contributed by atoms with Gasteiger partial charge in [-0.1, -0.05) is 18.2 Å². The smallest absolute Gasteiger partial charge is 0.220 e. The number of halogens is 1. The Morgan fingerprint density at radius 1 is 1.23 bits per heavy atom. The number of para-hydroxylation sites is 1. The summed E-state index contributed by atoms with van der Waals surface area (Å²) in [5, 5.41) is 7.23. The van der Waals surface area contributed by atoms with Gasteiger partial charge in [-0.2, -0.15) is 5.10 Å². The van der Waals surface area contributed by atoms with Crippen molar-refractivity contribution in [1.82, 2.24) is 15.1 Å². The van der Waals surface area contributed by atoms with Crippen molar-refractivity contribution in [2.45, 2.75) is 25.7 Å². The van der Waals surface area contributed by atoms with Gasteiger partial charge in [0.2, 0.25) is 5.91 Å². The third-order valence-electron chi connectivity index (χ3n) is 3.25. The fourth-order valence-corrected chi connectivity index (χ4v) is 2.05. The molecule has 1 heterocycles. The van der Waals surface area contributed by atoms with Crippen LogP contribution >= 0.6 is 12.4 Å². The molecule has 0 fully saturated rings. The van der Waals surface area contributed by atoms with Gasteiger partial charge in [-0.25, -0.2) is 4.68 Å². The van der Waals surface area contributed by atoms with E-state index in [9.17, 15) is 4.79 Å². The maximum Gasteiger partial charge on any atom is 0.220 e. The molecule has 6 heteroatoms. The third kappa shape index (κ3) is 5.87. The largest absolute Gasteiger partial charge is 0.356 e. The predicted octanol–water partition coefficient (Wildman–Crippen LogP) is 2.08. The van der Waals surface area contributed by atoms with Gasteiger partial charge in [0.1, 0.15) is 0 Å². The van der Waals surface area contributed by atoms with Gasteiger partial charge in [-0.15, -0.1) is 12.4 Å². The molecule has 1 aromatic heterocycles. The SMILES string of the molecule is Cl.NCCCCNC(=O)CCc1cnn(-c2ccccc2)c1. The number of aromatic nitrogens is 2. The Kier molecular flexibility index (Phi) is 8.25. The summed E-state index contributed by atoms with van der Waals surface area (Å²) in [6.45, 7) is 1.38. The van der Waals surface area contributed by atoms with E-state index in [4.69, 9.17) is 5.73 Å². The Bertz CT molecular complexity index is 556. The molecule has 0 atom stereocenters. The van der Waals surface area contributed by atoms with Crippen molar-refractivity contribution < 1.29 is 4.79 Å². The van der Waals surface area contributed by atoms with Crippen LogP contribution in [0, 0.1) is 0 Å². The number of carbonyl (C=O) groups excluding carboxylic acids is 1. The number of nitrogens with one attached hydrogen (secondary N) is 1. The van der Waals surface area contributed by atoms with E-state index in [1.54, 1.807) is 0 Å². The summed E-state index contributed by atoms with van der Waals surface area (Å²) in [6.07, 6.45) is 6.86. The number of benzene rings is 1. The maximum atomic E-state index is 11.7. The van der Waals surface area contributed by atoms with Crippen molar-refractivity contribution in [3.05, 3.63) is 48.3 Å². The zero-order valence-electron chi connectivity index (χ0n) is 12.6. The van der Waals surface area contributed by atoms with Crippen LogP contribution < -0.4 is 11.1 Å². The van der Waals surface area contributed by atoms with Crippen LogP contribution in [0.25, 0.3) is 5.69 Å². The van der Waals surface area contributed by atoms with E-state index in [2.05, 4.69) is 10.4 Å². The minimum absolute atomic E-state index is 0. The van der Waals surface area contributed by atoms with E-state index in [-0.39, 0.29) is 18.3 Å². The summed E-state index contributed by atoms with van der Waals surface area (Å²) in [5.41, 5.74) is 7.50. The summed E-state index contributed by atoms with van der Waals surface area (Å²) >= 11 is 0. The molecular weight excluding hydrogens is 300 g/mol. The van der Waals surface area contributed by atoms with Gasteiger partial charge in [0.15, 0.2) is 0 Å². The third-order valence-corrected chi connectivity index (χ3v) is 3.25. The number of rotatable bonds is 8. The average molecular weight is 323 g/mol. The van der Waals surface area contributed by atoms with E-state index in [0.717, 1.165) is 24.1 Å². The van der Waals surface area contributed by atoms with Gasteiger partial charge in [0, 0.05) is 19.2 Å². The van der Waals surface area contributed by atoms with Crippen LogP contribution in [0.15, 0.2) is 42.7 Å². The molecule has 0 saturated carbocycles. The van der Waals surface area contributed by atoms with E-state index >= 15 is 0 Å². The van der Waals surface area contributed by atoms with Gasteiger partial charge in [-0.3, -0.25) is 4.79 Å². The number of nitrogens with two attached hydrogens (primary N) is 1. The van der Waals surface area contributed by atoms with Crippen LogP contribution in [0.3, 0.4) is 0 Å². The number of hydrogen-bond donors (Lipinski definition) is 2. The van der Waals surface area contributed by atoms with Crippen molar-refractivity contribution in [3.63, 3.8) is 0 Å². The highest BCUT2D eigenvalue weighted by Crippen LogP contribution is 2.09. The Balaban J connectivity index is 0.00000242. The molecule has 0 aliphatic heterocycles. The first kappa shape index (κ1) is 18.2. The molecule has 0 unspecified atom stereocenters. The van der Waals surface area contributed by atoms with E-state index in [1.807, 2.05) is 47.4 Å². The molecule has 2 rings (SSSR count). The number of carbonyl (C=O) groups is 1. The number of aryl methyl sites for hydroxylation is 1. The van der Waals surface area contributed by atoms with Crippen LogP contribution in [0.2, 0.25) is 0 Å². The summed E-state index contributed by atoms with van der Waals surface area (Å²) < 4.78 is 1.83. The Morgan fingerprint density at radius 3 is 2.73 bits per heavy atom. The zero-order valence-corrected chi connectivity index (χ0v) is 13.4. The highest BCUT2D eigenvalue weighted by molar-refractivity contribution is 5.85. The predicted molar refractivity (Wildman–Crippen MR) is 90.4 cm³/mol. The molecule has 0 saturated heterocycles. The van der Waals surface area contributed by atoms with Crippen LogP contribution in [0.4, 0.5) is 0 Å². The molecule has 0 aliphatic carbocycles. The second-order valence-electron chi connectivity index (χ2n) is 4.97. The number of nitrogens with zero attached hydrogens (tertiary/aromatic N) is 2. The lowest BCUT2D eigenvalue weighted by atomic mass is 10.2. The minimum Gasteiger partial charge on any atom is -0.356 e. The van der Waals surface area contributed by atoms with Gasteiger partial charge >= 0.3 is 0 Å². The molecule has 0 spiro atoms. The summed E-state index contributed by atoms with van der Waals surface area (Å²) in [5.74, 6) is 0.0829. The van der Waals surface area contributed by atoms with Gasteiger partial charge in [-0.05, 0) is 43.5 Å². The fraction of sp³-hybridized carbons (Fsp3) is 0.375. The Morgan fingerprint density at radius 2 is 2.00 bits per heavy atom. The van der Waals surface area contributed by atoms with Crippen molar-refractivity contribution in [3.8, 4) is 5.69 Å². The topological polar surface area (TPSA) is 72.9 Å². The highest BCUT2D eigenvalue weighted by atomic mass is 35.5. The summed E-state index contributed by atoms with van der Waals surface area (Å²) in [4.78, 5) is 11.7. The maximum absolute atomic E-state index is 11.7. The minimum atomic E-state index is 0. The van der Waals surface area contributed by atoms with Gasteiger partial charge < -0.3 is 11.1 Å². The van der Waals surface area contributed by atoms with Gasteiger partial charge in [0.25, 0.3) is 0 Å². The van der Waals surface area contributed by atoms with Gasteiger partial charge in [0.05, 0.1) is 11.9 Å². The Labute approximate surface area is 137 Å². The molecule has 22 heavy (non-hydrogen) atoms. The lowest BCUT2D eigenvalue weighted by Gasteiger charge is -2.03. The van der Waals surface area contributed by atoms with Crippen LogP contribution in [0.5, 0.6) is 0 Å². The highest BCUT2D eigenvalue weighted by Gasteiger charge is 2.04. The standard InChI is InChI=1S/C16H22N4O.ClH/c17-10-4-5-11-18-16(21)9-8-14-12-19-20(13-14)15-6-2-1-3-7-15;/h1-3,6-7,12-13H,4-5,8-11,17H2,(H,18,21);1H. The fourth-order valence-electron chi connectivity index (χ4n) is 2.05. The van der Waals surface area contributed by atoms with Crippen molar-refractivity contribution >= 4 is 18.3 Å². The van der Waals surface area contributed by atoms with Crippen LogP contribution in [-0.4, -0.2) is 28.8 Å². The molecule has 5 nitrogen and oxygen atoms in total.